The molecule has 224 valence electrons. The van der Waals surface area contributed by atoms with Crippen LogP contribution in [0.25, 0.3) is 0 Å². The molecule has 6 heteroatoms. The predicted octanol–water partition coefficient (Wildman–Crippen LogP) is 6.11. The standard InChI is InChI=1S/C37H40O6/c38-22-32-21-37(32)36(42-26-31-19-11-4-12-20-31)35(41-25-30-17-9-3-10-18-30)34(40-24-29-15-7-2-8-16-29)33(43-37)27-39-23-28-13-5-1-6-14-28/h1-20,32-36,38H,21-27H2/t32?,33-,34+,35+,36-,37?/m1/s1. The number of ether oxygens (including phenoxy) is 5. The van der Waals surface area contributed by atoms with Gasteiger partial charge in [-0.2, -0.15) is 0 Å². The van der Waals surface area contributed by atoms with Crippen LogP contribution in [0.1, 0.15) is 28.7 Å². The lowest BCUT2D eigenvalue weighted by molar-refractivity contribution is -0.286. The molecule has 0 bridgehead atoms. The Balaban J connectivity index is 1.29. The average molecular weight is 581 g/mol. The predicted molar refractivity (Wildman–Crippen MR) is 164 cm³/mol. The Bertz CT molecular complexity index is 1370. The van der Waals surface area contributed by atoms with Crippen molar-refractivity contribution in [3.8, 4) is 0 Å². The third-order valence-corrected chi connectivity index (χ3v) is 8.39. The van der Waals surface area contributed by atoms with Gasteiger partial charge in [0.15, 0.2) is 0 Å². The Morgan fingerprint density at radius 1 is 0.581 bits per heavy atom. The van der Waals surface area contributed by atoms with Gasteiger partial charge >= 0.3 is 0 Å². The van der Waals surface area contributed by atoms with Gasteiger partial charge in [-0.1, -0.05) is 121 Å². The molecule has 1 aliphatic heterocycles. The summed E-state index contributed by atoms with van der Waals surface area (Å²) in [5.41, 5.74) is 3.61. The van der Waals surface area contributed by atoms with Crippen molar-refractivity contribution in [2.75, 3.05) is 13.2 Å². The number of hydrogen-bond acceptors (Lipinski definition) is 6. The number of rotatable bonds is 14. The summed E-state index contributed by atoms with van der Waals surface area (Å²) in [7, 11) is 0. The van der Waals surface area contributed by atoms with Gasteiger partial charge in [-0.3, -0.25) is 0 Å². The van der Waals surface area contributed by atoms with Crippen molar-refractivity contribution in [3.05, 3.63) is 144 Å². The van der Waals surface area contributed by atoms with E-state index in [0.717, 1.165) is 22.3 Å². The molecule has 2 fully saturated rings. The van der Waals surface area contributed by atoms with Gasteiger partial charge in [0.05, 0.1) is 33.0 Å². The largest absolute Gasteiger partial charge is 0.396 e. The Kier molecular flexibility index (Phi) is 9.95. The molecule has 0 aromatic heterocycles. The smallest absolute Gasteiger partial charge is 0.116 e. The van der Waals surface area contributed by atoms with Gasteiger partial charge in [0.2, 0.25) is 0 Å². The van der Waals surface area contributed by atoms with Crippen LogP contribution in [0.4, 0.5) is 0 Å². The molecule has 6 rings (SSSR count). The SMILES string of the molecule is OCC1CC12O[C@H](COCc1ccccc1)[C@H](OCc1ccccc1)[C@H](OCc1ccccc1)[C@H]2OCc1ccccc1. The number of aliphatic hydroxyl groups is 1. The third kappa shape index (κ3) is 7.42. The van der Waals surface area contributed by atoms with Gasteiger partial charge in [0.25, 0.3) is 0 Å². The van der Waals surface area contributed by atoms with Crippen LogP contribution >= 0.6 is 0 Å². The molecule has 4 aromatic carbocycles. The van der Waals surface area contributed by atoms with Crippen LogP contribution in [0.3, 0.4) is 0 Å². The molecule has 1 saturated heterocycles. The first-order valence-electron chi connectivity index (χ1n) is 15.1. The maximum absolute atomic E-state index is 10.3. The van der Waals surface area contributed by atoms with E-state index in [0.29, 0.717) is 39.5 Å². The summed E-state index contributed by atoms with van der Waals surface area (Å²) in [5.74, 6) is -0.0530. The fourth-order valence-electron chi connectivity index (χ4n) is 6.03. The highest BCUT2D eigenvalue weighted by atomic mass is 16.6. The molecule has 0 radical (unpaired) electrons. The Hall–Kier alpha value is -3.36. The van der Waals surface area contributed by atoms with E-state index in [-0.39, 0.29) is 12.5 Å². The van der Waals surface area contributed by atoms with Crippen molar-refractivity contribution in [2.24, 2.45) is 5.92 Å². The van der Waals surface area contributed by atoms with Crippen LogP contribution in [0, 0.1) is 5.92 Å². The van der Waals surface area contributed by atoms with Crippen molar-refractivity contribution in [1.29, 1.82) is 0 Å². The molecule has 2 unspecified atom stereocenters. The van der Waals surface area contributed by atoms with E-state index in [1.807, 2.05) is 72.8 Å². The van der Waals surface area contributed by atoms with E-state index >= 15 is 0 Å². The number of benzene rings is 4. The first kappa shape index (κ1) is 29.7. The van der Waals surface area contributed by atoms with Gasteiger partial charge in [-0.25, -0.2) is 0 Å². The Morgan fingerprint density at radius 3 is 1.49 bits per heavy atom. The molecule has 1 N–H and O–H groups in total. The van der Waals surface area contributed by atoms with Crippen molar-refractivity contribution in [1.82, 2.24) is 0 Å². The Morgan fingerprint density at radius 2 is 1.02 bits per heavy atom. The van der Waals surface area contributed by atoms with Crippen molar-refractivity contribution < 1.29 is 28.8 Å². The first-order valence-corrected chi connectivity index (χ1v) is 15.1. The number of aliphatic hydroxyl groups excluding tert-OH is 1. The van der Waals surface area contributed by atoms with E-state index in [1.165, 1.54) is 0 Å². The molecular formula is C37H40O6. The monoisotopic (exact) mass is 580 g/mol. The van der Waals surface area contributed by atoms with Crippen molar-refractivity contribution in [3.63, 3.8) is 0 Å². The van der Waals surface area contributed by atoms with Crippen LogP contribution in [0.5, 0.6) is 0 Å². The molecule has 4 aromatic rings. The molecule has 1 aliphatic carbocycles. The average Bonchev–Trinajstić information content (AvgIpc) is 3.77. The normalized spacial score (nSPS) is 26.4. The summed E-state index contributed by atoms with van der Waals surface area (Å²) < 4.78 is 33.3. The topological polar surface area (TPSA) is 66.4 Å². The summed E-state index contributed by atoms with van der Waals surface area (Å²) in [6, 6.07) is 40.5. The summed E-state index contributed by atoms with van der Waals surface area (Å²) in [6.45, 7) is 2.01. The second-order valence-electron chi connectivity index (χ2n) is 11.4. The maximum atomic E-state index is 10.3. The van der Waals surface area contributed by atoms with Gasteiger partial charge < -0.3 is 28.8 Å². The molecule has 1 heterocycles. The molecule has 6 nitrogen and oxygen atoms in total. The summed E-state index contributed by atoms with van der Waals surface area (Å²) >= 11 is 0. The fraction of sp³-hybridized carbons (Fsp3) is 0.351. The van der Waals surface area contributed by atoms with E-state index in [4.69, 9.17) is 23.7 Å². The lowest BCUT2D eigenvalue weighted by Crippen LogP contribution is -2.63. The van der Waals surface area contributed by atoms with Crippen LogP contribution in [-0.2, 0) is 50.1 Å². The lowest BCUT2D eigenvalue weighted by atomic mass is 9.91. The minimum atomic E-state index is -0.682. The quantitative estimate of drug-likeness (QED) is 0.194. The zero-order chi connectivity index (χ0) is 29.3. The van der Waals surface area contributed by atoms with Crippen molar-refractivity contribution in [2.45, 2.75) is 62.9 Å². The molecule has 1 spiro atoms. The van der Waals surface area contributed by atoms with Gasteiger partial charge in [0.1, 0.15) is 30.0 Å². The minimum Gasteiger partial charge on any atom is -0.396 e. The molecule has 43 heavy (non-hydrogen) atoms. The zero-order valence-corrected chi connectivity index (χ0v) is 24.4. The summed E-state index contributed by atoms with van der Waals surface area (Å²) in [6.07, 6.45) is -1.09. The zero-order valence-electron chi connectivity index (χ0n) is 24.4. The third-order valence-electron chi connectivity index (χ3n) is 8.39. The highest BCUT2D eigenvalue weighted by Gasteiger charge is 2.68. The summed E-state index contributed by atoms with van der Waals surface area (Å²) in [4.78, 5) is 0. The lowest BCUT2D eigenvalue weighted by Gasteiger charge is -2.47. The van der Waals surface area contributed by atoms with Crippen LogP contribution in [0.15, 0.2) is 121 Å². The molecule has 0 amide bonds. The van der Waals surface area contributed by atoms with E-state index < -0.39 is 30.0 Å². The molecule has 1 saturated carbocycles. The van der Waals surface area contributed by atoms with Crippen molar-refractivity contribution >= 4 is 0 Å². The van der Waals surface area contributed by atoms with E-state index in [9.17, 15) is 5.11 Å². The maximum Gasteiger partial charge on any atom is 0.116 e. The number of hydrogen-bond donors (Lipinski definition) is 1. The molecule has 6 atom stereocenters. The fourth-order valence-corrected chi connectivity index (χ4v) is 6.03. The molecular weight excluding hydrogens is 540 g/mol. The second-order valence-corrected chi connectivity index (χ2v) is 11.4. The molecule has 2 aliphatic rings. The van der Waals surface area contributed by atoms with Gasteiger partial charge in [0, 0.05) is 12.5 Å². The van der Waals surface area contributed by atoms with Gasteiger partial charge in [-0.05, 0) is 28.7 Å². The second kappa shape index (κ2) is 14.4. The Labute approximate surface area is 254 Å². The van der Waals surface area contributed by atoms with Crippen LogP contribution in [-0.4, -0.2) is 48.3 Å². The highest BCUT2D eigenvalue weighted by molar-refractivity contribution is 5.20. The summed E-state index contributed by atoms with van der Waals surface area (Å²) in [5, 5.41) is 10.3. The van der Waals surface area contributed by atoms with Crippen LogP contribution in [0.2, 0.25) is 0 Å². The van der Waals surface area contributed by atoms with E-state index in [1.54, 1.807) is 0 Å². The first-order chi connectivity index (χ1) is 21.2. The van der Waals surface area contributed by atoms with Gasteiger partial charge in [-0.15, -0.1) is 0 Å². The minimum absolute atomic E-state index is 0.0176. The van der Waals surface area contributed by atoms with E-state index in [2.05, 4.69) is 48.5 Å². The highest BCUT2D eigenvalue weighted by Crippen LogP contribution is 2.56. The van der Waals surface area contributed by atoms with Crippen LogP contribution < -0.4 is 0 Å².